The van der Waals surface area contributed by atoms with E-state index >= 15 is 0 Å². The van der Waals surface area contributed by atoms with E-state index in [9.17, 15) is 18.0 Å². The number of nitrogens with zero attached hydrogens (tertiary/aromatic N) is 1. The number of nitrogens with one attached hydrogen (secondary N) is 1. The molecule has 0 aliphatic heterocycles. The molecule has 1 N–H and O–H groups in total. The van der Waals surface area contributed by atoms with Crippen molar-refractivity contribution >= 4 is 11.6 Å². The maximum Gasteiger partial charge on any atom is 0.416 e. The third-order valence-corrected chi connectivity index (χ3v) is 3.90. The lowest BCUT2D eigenvalue weighted by atomic mass is 10.0. The zero-order valence-corrected chi connectivity index (χ0v) is 13.8. The van der Waals surface area contributed by atoms with Gasteiger partial charge in [0.05, 0.1) is 11.3 Å². The molecule has 0 saturated heterocycles. The van der Waals surface area contributed by atoms with E-state index in [0.717, 1.165) is 29.0 Å². The number of carbonyl (C=O) groups is 1. The van der Waals surface area contributed by atoms with E-state index in [2.05, 4.69) is 10.3 Å². The molecule has 3 aromatic rings. The molecule has 2 aromatic carbocycles. The first-order valence-corrected chi connectivity index (χ1v) is 7.85. The van der Waals surface area contributed by atoms with Crippen LogP contribution in [0.15, 0.2) is 66.9 Å². The van der Waals surface area contributed by atoms with Gasteiger partial charge >= 0.3 is 6.18 Å². The fourth-order valence-corrected chi connectivity index (χ4v) is 2.51. The summed E-state index contributed by atoms with van der Waals surface area (Å²) in [4.78, 5) is 16.6. The van der Waals surface area contributed by atoms with Crippen molar-refractivity contribution < 1.29 is 18.0 Å². The number of aryl methyl sites for hydroxylation is 1. The summed E-state index contributed by atoms with van der Waals surface area (Å²) in [5.41, 5.74) is 2.69. The summed E-state index contributed by atoms with van der Waals surface area (Å²) < 4.78 is 37.7. The minimum absolute atomic E-state index is 0.299. The third kappa shape index (κ3) is 3.91. The van der Waals surface area contributed by atoms with E-state index in [4.69, 9.17) is 0 Å². The van der Waals surface area contributed by atoms with Gasteiger partial charge < -0.3 is 5.32 Å². The maximum atomic E-state index is 12.6. The zero-order valence-electron chi connectivity index (χ0n) is 13.8. The number of benzene rings is 2. The van der Waals surface area contributed by atoms with Gasteiger partial charge in [-0.05, 0) is 55.0 Å². The number of hydrogen-bond acceptors (Lipinski definition) is 2. The number of alkyl halides is 3. The first-order chi connectivity index (χ1) is 12.3. The normalized spacial score (nSPS) is 11.2. The fourth-order valence-electron chi connectivity index (χ4n) is 2.51. The smallest absolute Gasteiger partial charge is 0.322 e. The average Bonchev–Trinajstić information content (AvgIpc) is 2.62. The first-order valence-electron chi connectivity index (χ1n) is 7.85. The van der Waals surface area contributed by atoms with Crippen molar-refractivity contribution in [1.29, 1.82) is 0 Å². The van der Waals surface area contributed by atoms with E-state index in [1.165, 1.54) is 12.1 Å². The number of hydrogen-bond donors (Lipinski definition) is 1. The largest absolute Gasteiger partial charge is 0.416 e. The van der Waals surface area contributed by atoms with Crippen molar-refractivity contribution in [2.45, 2.75) is 13.1 Å². The Hall–Kier alpha value is -3.15. The van der Waals surface area contributed by atoms with E-state index in [1.807, 2.05) is 19.1 Å². The van der Waals surface area contributed by atoms with E-state index < -0.39 is 17.6 Å². The minimum Gasteiger partial charge on any atom is -0.322 e. The van der Waals surface area contributed by atoms with Crippen LogP contribution in [0, 0.1) is 6.92 Å². The van der Waals surface area contributed by atoms with Crippen LogP contribution in [0.5, 0.6) is 0 Å². The van der Waals surface area contributed by atoms with Crippen LogP contribution >= 0.6 is 0 Å². The standard InChI is InChI=1S/C20H15F3N2O/c1-13-3-2-12-24-18(13)14-4-6-15(7-5-14)19(26)25-17-10-8-16(9-11-17)20(21,22)23/h2-12H,1H3,(H,25,26). The Morgan fingerprint density at radius 1 is 0.962 bits per heavy atom. The lowest BCUT2D eigenvalue weighted by Gasteiger charge is -2.09. The molecule has 0 atom stereocenters. The van der Waals surface area contributed by atoms with Gasteiger partial charge in [0.2, 0.25) is 0 Å². The molecule has 132 valence electrons. The molecule has 0 aliphatic rings. The summed E-state index contributed by atoms with van der Waals surface area (Å²) in [6.45, 7) is 1.95. The average molecular weight is 356 g/mol. The van der Waals surface area contributed by atoms with Crippen LogP contribution in [0.25, 0.3) is 11.3 Å². The van der Waals surface area contributed by atoms with Gasteiger partial charge in [-0.15, -0.1) is 0 Å². The highest BCUT2D eigenvalue weighted by Crippen LogP contribution is 2.30. The molecule has 1 aromatic heterocycles. The molecule has 3 rings (SSSR count). The lowest BCUT2D eigenvalue weighted by Crippen LogP contribution is -2.12. The van der Waals surface area contributed by atoms with Gasteiger partial charge in [0.15, 0.2) is 0 Å². The van der Waals surface area contributed by atoms with E-state index in [-0.39, 0.29) is 0 Å². The molecule has 0 saturated carbocycles. The van der Waals surface area contributed by atoms with Crippen molar-refractivity contribution in [2.75, 3.05) is 5.32 Å². The number of pyridine rings is 1. The van der Waals surface area contributed by atoms with Crippen LogP contribution in [0.1, 0.15) is 21.5 Å². The molecule has 6 heteroatoms. The van der Waals surface area contributed by atoms with E-state index in [0.29, 0.717) is 11.3 Å². The summed E-state index contributed by atoms with van der Waals surface area (Å²) in [7, 11) is 0. The van der Waals surface area contributed by atoms with Crippen LogP contribution < -0.4 is 5.32 Å². The van der Waals surface area contributed by atoms with Gasteiger partial charge in [0, 0.05) is 23.0 Å². The van der Waals surface area contributed by atoms with Crippen molar-refractivity contribution in [3.8, 4) is 11.3 Å². The van der Waals surface area contributed by atoms with Gasteiger partial charge in [-0.2, -0.15) is 13.2 Å². The van der Waals surface area contributed by atoms with Crippen molar-refractivity contribution in [3.63, 3.8) is 0 Å². The Morgan fingerprint density at radius 3 is 2.19 bits per heavy atom. The highest BCUT2D eigenvalue weighted by atomic mass is 19.4. The molecule has 0 bridgehead atoms. The Balaban J connectivity index is 1.73. The second kappa shape index (κ2) is 7.00. The van der Waals surface area contributed by atoms with Gasteiger partial charge in [-0.1, -0.05) is 18.2 Å². The van der Waals surface area contributed by atoms with Crippen LogP contribution in [0.4, 0.5) is 18.9 Å². The Bertz CT molecular complexity index is 917. The highest BCUT2D eigenvalue weighted by molar-refractivity contribution is 6.04. The summed E-state index contributed by atoms with van der Waals surface area (Å²) >= 11 is 0. The second-order valence-electron chi connectivity index (χ2n) is 5.78. The predicted molar refractivity (Wildman–Crippen MR) is 93.8 cm³/mol. The minimum atomic E-state index is -4.40. The molecule has 1 amide bonds. The topological polar surface area (TPSA) is 42.0 Å². The molecule has 0 unspecified atom stereocenters. The molecule has 1 heterocycles. The van der Waals surface area contributed by atoms with Crippen molar-refractivity contribution in [3.05, 3.63) is 83.6 Å². The van der Waals surface area contributed by atoms with Gasteiger partial charge in [-0.25, -0.2) is 0 Å². The summed E-state index contributed by atoms with van der Waals surface area (Å²) in [5.74, 6) is -0.394. The highest BCUT2D eigenvalue weighted by Gasteiger charge is 2.29. The zero-order chi connectivity index (χ0) is 18.7. The summed E-state index contributed by atoms with van der Waals surface area (Å²) in [5, 5.41) is 2.59. The van der Waals surface area contributed by atoms with Crippen LogP contribution in [0.3, 0.4) is 0 Å². The Morgan fingerprint density at radius 2 is 1.62 bits per heavy atom. The number of halogens is 3. The van der Waals surface area contributed by atoms with E-state index in [1.54, 1.807) is 30.5 Å². The third-order valence-electron chi connectivity index (χ3n) is 3.90. The quantitative estimate of drug-likeness (QED) is 0.689. The maximum absolute atomic E-state index is 12.6. The SMILES string of the molecule is Cc1cccnc1-c1ccc(C(=O)Nc2ccc(C(F)(F)F)cc2)cc1. The van der Waals surface area contributed by atoms with Gasteiger partial charge in [-0.3, -0.25) is 9.78 Å². The molecular formula is C20H15F3N2O. The van der Waals surface area contributed by atoms with Crippen LogP contribution in [-0.2, 0) is 6.18 Å². The second-order valence-corrected chi connectivity index (χ2v) is 5.78. The van der Waals surface area contributed by atoms with Crippen LogP contribution in [-0.4, -0.2) is 10.9 Å². The van der Waals surface area contributed by atoms with Crippen molar-refractivity contribution in [2.24, 2.45) is 0 Å². The van der Waals surface area contributed by atoms with Gasteiger partial charge in [0.25, 0.3) is 5.91 Å². The monoisotopic (exact) mass is 356 g/mol. The molecule has 0 spiro atoms. The molecule has 0 aliphatic carbocycles. The number of amides is 1. The lowest BCUT2D eigenvalue weighted by molar-refractivity contribution is -0.137. The number of aromatic nitrogens is 1. The van der Waals surface area contributed by atoms with Gasteiger partial charge in [0.1, 0.15) is 0 Å². The molecule has 0 radical (unpaired) electrons. The Labute approximate surface area is 148 Å². The number of anilines is 1. The Kier molecular flexibility index (Phi) is 4.75. The molecule has 26 heavy (non-hydrogen) atoms. The van der Waals surface area contributed by atoms with Crippen LogP contribution in [0.2, 0.25) is 0 Å². The summed E-state index contributed by atoms with van der Waals surface area (Å²) in [6, 6.07) is 15.0. The summed E-state index contributed by atoms with van der Waals surface area (Å²) in [6.07, 6.45) is -2.70. The number of carbonyl (C=O) groups excluding carboxylic acids is 1. The van der Waals surface area contributed by atoms with Crippen molar-refractivity contribution in [1.82, 2.24) is 4.98 Å². The first kappa shape index (κ1) is 17.7. The molecular weight excluding hydrogens is 341 g/mol. The fraction of sp³-hybridized carbons (Fsp3) is 0.100. The predicted octanol–water partition coefficient (Wildman–Crippen LogP) is 5.33. The number of rotatable bonds is 3. The molecule has 0 fully saturated rings. The molecule has 3 nitrogen and oxygen atoms in total.